The molecule has 1 saturated carbocycles. The van der Waals surface area contributed by atoms with Gasteiger partial charge < -0.3 is 10.0 Å². The van der Waals surface area contributed by atoms with Crippen molar-refractivity contribution in [1.82, 2.24) is 4.90 Å². The highest BCUT2D eigenvalue weighted by atomic mass is 16.4. The summed E-state index contributed by atoms with van der Waals surface area (Å²) in [6, 6.07) is 15.0. The molecule has 24 heavy (non-hydrogen) atoms. The summed E-state index contributed by atoms with van der Waals surface area (Å²) < 4.78 is 0. The van der Waals surface area contributed by atoms with E-state index < -0.39 is 5.97 Å². The Balaban J connectivity index is 1.80. The van der Waals surface area contributed by atoms with Gasteiger partial charge in [0.2, 0.25) is 0 Å². The van der Waals surface area contributed by atoms with Gasteiger partial charge in [0.25, 0.3) is 5.91 Å². The van der Waals surface area contributed by atoms with Gasteiger partial charge in [-0.3, -0.25) is 4.79 Å². The molecule has 0 heterocycles. The van der Waals surface area contributed by atoms with E-state index in [1.165, 1.54) is 11.6 Å². The Kier molecular flexibility index (Phi) is 4.14. The second-order valence-electron chi connectivity index (χ2n) is 6.70. The van der Waals surface area contributed by atoms with Crippen LogP contribution in [0.5, 0.6) is 0 Å². The van der Waals surface area contributed by atoms with Crippen molar-refractivity contribution in [1.29, 1.82) is 0 Å². The quantitative estimate of drug-likeness (QED) is 0.916. The number of hydrogen-bond acceptors (Lipinski definition) is 2. The molecule has 1 N–H and O–H groups in total. The van der Waals surface area contributed by atoms with Crippen LogP contribution in [0.3, 0.4) is 0 Å². The maximum atomic E-state index is 12.7. The molecule has 4 nitrogen and oxygen atoms in total. The Hall–Kier alpha value is -2.62. The number of carboxylic acid groups (broad SMARTS) is 1. The Labute approximate surface area is 141 Å². The first-order valence-corrected chi connectivity index (χ1v) is 8.07. The van der Waals surface area contributed by atoms with Crippen LogP contribution in [-0.4, -0.2) is 35.5 Å². The van der Waals surface area contributed by atoms with Gasteiger partial charge in [-0.25, -0.2) is 4.79 Å². The zero-order valence-corrected chi connectivity index (χ0v) is 14.0. The molecule has 4 heteroatoms. The Bertz CT molecular complexity index is 779. The van der Waals surface area contributed by atoms with Crippen LogP contribution in [0.1, 0.15) is 44.7 Å². The van der Waals surface area contributed by atoms with E-state index in [9.17, 15) is 14.7 Å². The van der Waals surface area contributed by atoms with Gasteiger partial charge >= 0.3 is 5.97 Å². The summed E-state index contributed by atoms with van der Waals surface area (Å²) in [5, 5.41) is 9.17. The van der Waals surface area contributed by atoms with Crippen molar-refractivity contribution >= 4 is 11.9 Å². The second kappa shape index (κ2) is 6.11. The largest absolute Gasteiger partial charge is 0.478 e. The Morgan fingerprint density at radius 2 is 1.71 bits per heavy atom. The average Bonchev–Trinajstić information content (AvgIpc) is 3.35. The molecule has 124 valence electrons. The highest BCUT2D eigenvalue weighted by molar-refractivity contribution is 5.97. The average molecular weight is 323 g/mol. The van der Waals surface area contributed by atoms with E-state index in [-0.39, 0.29) is 16.9 Å². The molecule has 0 spiro atoms. The molecule has 0 aromatic heterocycles. The van der Waals surface area contributed by atoms with Crippen molar-refractivity contribution in [3.05, 3.63) is 70.8 Å². The molecule has 0 aliphatic heterocycles. The Morgan fingerprint density at radius 1 is 1.08 bits per heavy atom. The smallest absolute Gasteiger partial charge is 0.335 e. The Morgan fingerprint density at radius 3 is 2.29 bits per heavy atom. The first-order chi connectivity index (χ1) is 11.4. The molecule has 0 radical (unpaired) electrons. The molecule has 1 aliphatic rings. The van der Waals surface area contributed by atoms with E-state index in [1.807, 2.05) is 18.2 Å². The number of nitrogens with zero attached hydrogens (tertiary/aromatic N) is 1. The predicted octanol–water partition coefficient (Wildman–Crippen LogP) is 3.50. The first kappa shape index (κ1) is 16.2. The van der Waals surface area contributed by atoms with Gasteiger partial charge in [0.1, 0.15) is 0 Å². The molecule has 2 aromatic carbocycles. The number of likely N-dealkylation sites (N-methyl/N-ethyl adjacent to an activating group) is 1. The third kappa shape index (κ3) is 3.18. The molecule has 3 rings (SSSR count). The van der Waals surface area contributed by atoms with Gasteiger partial charge in [0, 0.05) is 24.6 Å². The number of aryl methyl sites for hydroxylation is 1. The van der Waals surface area contributed by atoms with E-state index in [1.54, 1.807) is 31.0 Å². The summed E-state index contributed by atoms with van der Waals surface area (Å²) in [5.41, 5.74) is 2.66. The summed E-state index contributed by atoms with van der Waals surface area (Å²) in [6.07, 6.45) is 2.14. The molecule has 2 aromatic rings. The number of carboxylic acids is 1. The van der Waals surface area contributed by atoms with Crippen molar-refractivity contribution in [3.63, 3.8) is 0 Å². The van der Waals surface area contributed by atoms with Gasteiger partial charge in [-0.05, 0) is 49.1 Å². The van der Waals surface area contributed by atoms with Crippen LogP contribution in [0.2, 0.25) is 0 Å². The molecule has 1 aliphatic carbocycles. The number of rotatable bonds is 5. The van der Waals surface area contributed by atoms with Gasteiger partial charge in [0.05, 0.1) is 5.56 Å². The van der Waals surface area contributed by atoms with Crippen LogP contribution in [-0.2, 0) is 5.41 Å². The lowest BCUT2D eigenvalue weighted by Gasteiger charge is -2.24. The molecule has 0 atom stereocenters. The summed E-state index contributed by atoms with van der Waals surface area (Å²) in [5.74, 6) is -1.15. The van der Waals surface area contributed by atoms with Crippen LogP contribution in [0.4, 0.5) is 0 Å². The van der Waals surface area contributed by atoms with Crippen LogP contribution >= 0.6 is 0 Å². The SMILES string of the molecule is Cc1cc(C(=O)O)cc(C(=O)N(C)CC2(c3ccccc3)CC2)c1. The van der Waals surface area contributed by atoms with E-state index in [0.29, 0.717) is 12.1 Å². The summed E-state index contributed by atoms with van der Waals surface area (Å²) in [7, 11) is 1.79. The normalized spacial score (nSPS) is 14.9. The summed E-state index contributed by atoms with van der Waals surface area (Å²) in [4.78, 5) is 25.6. The van der Waals surface area contributed by atoms with Crippen LogP contribution in [0.25, 0.3) is 0 Å². The van der Waals surface area contributed by atoms with Crippen LogP contribution in [0, 0.1) is 6.92 Å². The van der Waals surface area contributed by atoms with Crippen molar-refractivity contribution in [2.75, 3.05) is 13.6 Å². The molecule has 0 unspecified atom stereocenters. The third-order valence-corrected chi connectivity index (χ3v) is 4.70. The fourth-order valence-electron chi connectivity index (χ4n) is 3.26. The first-order valence-electron chi connectivity index (χ1n) is 8.07. The van der Waals surface area contributed by atoms with Crippen LogP contribution in [0.15, 0.2) is 48.5 Å². The molecule has 1 amide bonds. The summed E-state index contributed by atoms with van der Waals surface area (Å²) in [6.45, 7) is 2.45. The zero-order valence-electron chi connectivity index (χ0n) is 14.0. The van der Waals surface area contributed by atoms with Crippen molar-refractivity contribution < 1.29 is 14.7 Å². The molecule has 0 saturated heterocycles. The fraction of sp³-hybridized carbons (Fsp3) is 0.300. The highest BCUT2D eigenvalue weighted by Gasteiger charge is 2.45. The minimum Gasteiger partial charge on any atom is -0.478 e. The van der Waals surface area contributed by atoms with Crippen molar-refractivity contribution in [2.24, 2.45) is 0 Å². The number of aromatic carboxylic acids is 1. The van der Waals surface area contributed by atoms with Gasteiger partial charge in [0.15, 0.2) is 0 Å². The van der Waals surface area contributed by atoms with Gasteiger partial charge in [-0.2, -0.15) is 0 Å². The van der Waals surface area contributed by atoms with E-state index in [0.717, 1.165) is 18.4 Å². The molecular formula is C20H21NO3. The number of amides is 1. The highest BCUT2D eigenvalue weighted by Crippen LogP contribution is 2.48. The number of benzene rings is 2. The standard InChI is InChI=1S/C20H21NO3/c1-14-10-15(12-16(11-14)19(23)24)18(22)21(2)13-20(8-9-20)17-6-4-3-5-7-17/h3-7,10-12H,8-9,13H2,1-2H3,(H,23,24). The van der Waals surface area contributed by atoms with E-state index >= 15 is 0 Å². The monoisotopic (exact) mass is 323 g/mol. The summed E-state index contributed by atoms with van der Waals surface area (Å²) >= 11 is 0. The lowest BCUT2D eigenvalue weighted by Crippen LogP contribution is -2.34. The third-order valence-electron chi connectivity index (χ3n) is 4.70. The van der Waals surface area contributed by atoms with E-state index in [2.05, 4.69) is 12.1 Å². The second-order valence-corrected chi connectivity index (χ2v) is 6.70. The number of carbonyl (C=O) groups excluding carboxylic acids is 1. The molecule has 1 fully saturated rings. The van der Waals surface area contributed by atoms with Gasteiger partial charge in [-0.1, -0.05) is 30.3 Å². The fourth-order valence-corrected chi connectivity index (χ4v) is 3.26. The lowest BCUT2D eigenvalue weighted by molar-refractivity contribution is 0.0696. The van der Waals surface area contributed by atoms with Crippen LogP contribution < -0.4 is 0 Å². The molecular weight excluding hydrogens is 302 g/mol. The number of carbonyl (C=O) groups is 2. The maximum Gasteiger partial charge on any atom is 0.335 e. The maximum absolute atomic E-state index is 12.7. The minimum atomic E-state index is -1.02. The van der Waals surface area contributed by atoms with E-state index in [4.69, 9.17) is 0 Å². The number of hydrogen-bond donors (Lipinski definition) is 1. The van der Waals surface area contributed by atoms with Crippen molar-refractivity contribution in [3.8, 4) is 0 Å². The molecule has 0 bridgehead atoms. The lowest BCUT2D eigenvalue weighted by atomic mass is 9.95. The minimum absolute atomic E-state index is 0.0467. The van der Waals surface area contributed by atoms with Crippen molar-refractivity contribution in [2.45, 2.75) is 25.2 Å². The van der Waals surface area contributed by atoms with Gasteiger partial charge in [-0.15, -0.1) is 0 Å². The zero-order chi connectivity index (χ0) is 17.3. The topological polar surface area (TPSA) is 57.6 Å². The predicted molar refractivity (Wildman–Crippen MR) is 92.5 cm³/mol.